The van der Waals surface area contributed by atoms with Crippen LogP contribution >= 0.6 is 0 Å². The van der Waals surface area contributed by atoms with Crippen LogP contribution in [0.15, 0.2) is 35.0 Å². The second-order valence-electron chi connectivity index (χ2n) is 5.54. The Morgan fingerprint density at radius 3 is 2.38 bits per heavy atom. The number of ketones is 1. The number of Topliss-reactive ketones (excluding diaryl/α,β-unsaturated/α-hetero) is 1. The highest BCUT2D eigenvalue weighted by Gasteiger charge is 2.49. The van der Waals surface area contributed by atoms with E-state index in [0.29, 0.717) is 31.5 Å². The van der Waals surface area contributed by atoms with Crippen LogP contribution in [-0.2, 0) is 23.9 Å². The molecule has 7 heteroatoms. The number of aldehydes is 2. The number of furan rings is 1. The van der Waals surface area contributed by atoms with Gasteiger partial charge < -0.3 is 13.9 Å². The van der Waals surface area contributed by atoms with E-state index < -0.39 is 5.60 Å². The van der Waals surface area contributed by atoms with Crippen molar-refractivity contribution in [1.29, 1.82) is 0 Å². The molecule has 128 valence electrons. The van der Waals surface area contributed by atoms with E-state index >= 15 is 0 Å². The molecule has 2 saturated heterocycles. The molecule has 4 heterocycles. The summed E-state index contributed by atoms with van der Waals surface area (Å²) >= 11 is 0. The number of rotatable bonds is 3. The lowest BCUT2D eigenvalue weighted by Gasteiger charge is -2.14. The molecule has 2 bridgehead atoms. The number of carbonyl (C=O) groups is 4. The molecule has 3 aliphatic rings. The van der Waals surface area contributed by atoms with Crippen molar-refractivity contribution in [3.63, 3.8) is 0 Å². The average molecular weight is 334 g/mol. The van der Waals surface area contributed by atoms with Crippen molar-refractivity contribution in [2.24, 2.45) is 5.92 Å². The zero-order valence-electron chi connectivity index (χ0n) is 13.2. The van der Waals surface area contributed by atoms with Gasteiger partial charge in [-0.25, -0.2) is 0 Å². The van der Waals surface area contributed by atoms with E-state index in [1.54, 1.807) is 25.1 Å². The molecule has 3 aliphatic heterocycles. The Morgan fingerprint density at radius 2 is 2.08 bits per heavy atom. The zero-order valence-corrected chi connectivity index (χ0v) is 13.2. The second kappa shape index (κ2) is 7.83. The van der Waals surface area contributed by atoms with Crippen molar-refractivity contribution in [3.05, 3.63) is 36.3 Å². The molecular formula is C17H18O7. The first-order valence-corrected chi connectivity index (χ1v) is 7.48. The van der Waals surface area contributed by atoms with Crippen LogP contribution < -0.4 is 0 Å². The monoisotopic (exact) mass is 334 g/mol. The summed E-state index contributed by atoms with van der Waals surface area (Å²) in [6, 6.07) is 3.27. The SMILES string of the molecule is CC(=O)C1CC2(C=O)C=CC1O2.O=C1CCO1.O=Cc1ccco1. The van der Waals surface area contributed by atoms with Gasteiger partial charge in [-0.3, -0.25) is 19.2 Å². The van der Waals surface area contributed by atoms with Gasteiger partial charge in [-0.1, -0.05) is 6.08 Å². The van der Waals surface area contributed by atoms with Gasteiger partial charge in [0, 0.05) is 0 Å². The summed E-state index contributed by atoms with van der Waals surface area (Å²) in [5.74, 6) is 0.304. The van der Waals surface area contributed by atoms with Crippen LogP contribution in [0.2, 0.25) is 0 Å². The van der Waals surface area contributed by atoms with Crippen molar-refractivity contribution in [2.75, 3.05) is 6.61 Å². The summed E-state index contributed by atoms with van der Waals surface area (Å²) in [4.78, 5) is 41.2. The van der Waals surface area contributed by atoms with E-state index in [0.717, 1.165) is 6.29 Å². The Balaban J connectivity index is 0.000000147. The molecule has 24 heavy (non-hydrogen) atoms. The van der Waals surface area contributed by atoms with Gasteiger partial charge >= 0.3 is 5.97 Å². The molecule has 7 nitrogen and oxygen atoms in total. The summed E-state index contributed by atoms with van der Waals surface area (Å²) < 4.78 is 14.3. The van der Waals surface area contributed by atoms with Crippen LogP contribution in [0.1, 0.15) is 30.3 Å². The summed E-state index contributed by atoms with van der Waals surface area (Å²) in [7, 11) is 0. The number of hydrogen-bond acceptors (Lipinski definition) is 7. The van der Waals surface area contributed by atoms with Crippen LogP contribution in [0, 0.1) is 5.92 Å². The van der Waals surface area contributed by atoms with E-state index in [1.165, 1.54) is 6.26 Å². The molecule has 0 saturated carbocycles. The van der Waals surface area contributed by atoms with Crippen LogP contribution in [-0.4, -0.2) is 42.6 Å². The first-order valence-electron chi connectivity index (χ1n) is 7.48. The third-order valence-electron chi connectivity index (χ3n) is 3.81. The Morgan fingerprint density at radius 1 is 1.38 bits per heavy atom. The fraction of sp³-hybridized carbons (Fsp3) is 0.412. The Kier molecular flexibility index (Phi) is 5.81. The first-order chi connectivity index (χ1) is 11.5. The van der Waals surface area contributed by atoms with Crippen LogP contribution in [0.5, 0.6) is 0 Å². The molecule has 0 aliphatic carbocycles. The van der Waals surface area contributed by atoms with Crippen molar-refractivity contribution in [2.45, 2.75) is 31.5 Å². The highest BCUT2D eigenvalue weighted by molar-refractivity contribution is 5.82. The smallest absolute Gasteiger partial charge is 0.309 e. The lowest BCUT2D eigenvalue weighted by Crippen LogP contribution is -2.26. The number of ether oxygens (including phenoxy) is 2. The van der Waals surface area contributed by atoms with Crippen LogP contribution in [0.4, 0.5) is 0 Å². The van der Waals surface area contributed by atoms with Crippen molar-refractivity contribution < 1.29 is 33.1 Å². The second-order valence-corrected chi connectivity index (χ2v) is 5.54. The largest absolute Gasteiger partial charge is 0.465 e. The van der Waals surface area contributed by atoms with Gasteiger partial charge in [0.1, 0.15) is 18.0 Å². The van der Waals surface area contributed by atoms with Crippen molar-refractivity contribution in [3.8, 4) is 0 Å². The van der Waals surface area contributed by atoms with E-state index in [4.69, 9.17) is 4.74 Å². The minimum Gasteiger partial charge on any atom is -0.465 e. The minimum absolute atomic E-state index is 0.0648. The van der Waals surface area contributed by atoms with Gasteiger partial charge in [0.25, 0.3) is 0 Å². The van der Waals surface area contributed by atoms with E-state index in [-0.39, 0.29) is 23.8 Å². The molecule has 0 radical (unpaired) electrons. The third-order valence-corrected chi connectivity index (χ3v) is 3.81. The third kappa shape index (κ3) is 4.26. The van der Waals surface area contributed by atoms with Gasteiger partial charge in [-0.15, -0.1) is 0 Å². The summed E-state index contributed by atoms with van der Waals surface area (Å²) in [6.45, 7) is 2.18. The lowest BCUT2D eigenvalue weighted by molar-refractivity contribution is -0.157. The Hall–Kier alpha value is -2.54. The van der Waals surface area contributed by atoms with Crippen LogP contribution in [0.3, 0.4) is 0 Å². The highest BCUT2D eigenvalue weighted by atomic mass is 16.6. The Bertz CT molecular complexity index is 625. The first kappa shape index (κ1) is 17.8. The summed E-state index contributed by atoms with van der Waals surface area (Å²) in [5.41, 5.74) is -0.777. The normalized spacial score (nSPS) is 28.5. The van der Waals surface area contributed by atoms with Crippen molar-refractivity contribution >= 4 is 24.3 Å². The molecule has 0 spiro atoms. The van der Waals surface area contributed by atoms with Gasteiger partial charge in [-0.2, -0.15) is 0 Å². The van der Waals surface area contributed by atoms with E-state index in [9.17, 15) is 19.2 Å². The van der Waals surface area contributed by atoms with Gasteiger partial charge in [-0.05, 0) is 31.6 Å². The number of hydrogen-bond donors (Lipinski definition) is 0. The molecule has 4 rings (SSSR count). The molecule has 0 N–H and O–H groups in total. The number of carbonyl (C=O) groups excluding carboxylic acids is 4. The molecule has 2 fully saturated rings. The fourth-order valence-corrected chi connectivity index (χ4v) is 2.42. The molecule has 1 aromatic rings. The molecule has 0 aromatic carbocycles. The summed E-state index contributed by atoms with van der Waals surface area (Å²) in [5, 5.41) is 0. The maximum absolute atomic E-state index is 11.1. The highest BCUT2D eigenvalue weighted by Crippen LogP contribution is 2.41. The lowest BCUT2D eigenvalue weighted by atomic mass is 9.85. The maximum Gasteiger partial charge on any atom is 0.309 e. The molecule has 3 atom stereocenters. The minimum atomic E-state index is -0.777. The maximum atomic E-state index is 11.1. The summed E-state index contributed by atoms with van der Waals surface area (Å²) in [6.07, 6.45) is 7.46. The molecule has 1 aromatic heterocycles. The number of cyclic esters (lactones) is 1. The quantitative estimate of drug-likeness (QED) is 0.469. The molecule has 0 amide bonds. The van der Waals surface area contributed by atoms with Crippen LogP contribution in [0.25, 0.3) is 0 Å². The molecule has 3 unspecified atom stereocenters. The predicted molar refractivity (Wildman–Crippen MR) is 81.3 cm³/mol. The topological polar surface area (TPSA) is 99.9 Å². The standard InChI is InChI=1S/C9H10O3.C5H4O2.C3H4O2/c1-6(11)7-4-9(5-10)3-2-8(7)12-9;6-4-5-2-1-3-7-5;4-3-1-2-5-3/h2-3,5,7-8H,4H2,1H3;1-4H;1-2H2. The number of fused-ring (bicyclic) bond motifs is 2. The molecular weight excluding hydrogens is 316 g/mol. The fourth-order valence-electron chi connectivity index (χ4n) is 2.42. The average Bonchev–Trinajstić information content (AvgIpc) is 3.29. The number of esters is 1. The van der Waals surface area contributed by atoms with E-state index in [2.05, 4.69) is 9.15 Å². The van der Waals surface area contributed by atoms with Gasteiger partial charge in [0.05, 0.1) is 24.7 Å². The van der Waals surface area contributed by atoms with E-state index in [1.807, 2.05) is 6.08 Å². The van der Waals surface area contributed by atoms with Gasteiger partial charge in [0.15, 0.2) is 18.3 Å². The Labute approximate surface area is 138 Å². The predicted octanol–water partition coefficient (Wildman–Crippen LogP) is 1.51. The zero-order chi connectivity index (χ0) is 17.6. The van der Waals surface area contributed by atoms with Gasteiger partial charge in [0.2, 0.25) is 0 Å². The van der Waals surface area contributed by atoms with Crippen molar-refractivity contribution in [1.82, 2.24) is 0 Å².